The molecule has 1 aromatic heterocycles. The maximum absolute atomic E-state index is 12.1. The second-order valence-electron chi connectivity index (χ2n) is 6.64. The highest BCUT2D eigenvalue weighted by Gasteiger charge is 2.18. The minimum absolute atomic E-state index is 0.204. The molecule has 0 radical (unpaired) electrons. The topological polar surface area (TPSA) is 55.6 Å². The second-order valence-corrected chi connectivity index (χ2v) is 6.64. The van der Waals surface area contributed by atoms with Crippen molar-refractivity contribution in [2.45, 2.75) is 46.3 Å². The third-order valence-corrected chi connectivity index (χ3v) is 4.71. The molecule has 1 atom stereocenters. The molecule has 1 fully saturated rings. The van der Waals surface area contributed by atoms with Crippen molar-refractivity contribution >= 4 is 12.1 Å². The third-order valence-electron chi connectivity index (χ3n) is 4.71. The van der Waals surface area contributed by atoms with Gasteiger partial charge in [-0.15, -0.1) is 0 Å². The van der Waals surface area contributed by atoms with Crippen LogP contribution in [0.1, 0.15) is 45.7 Å². The van der Waals surface area contributed by atoms with E-state index in [0.29, 0.717) is 11.7 Å². The van der Waals surface area contributed by atoms with Crippen molar-refractivity contribution in [2.24, 2.45) is 5.10 Å². The van der Waals surface area contributed by atoms with E-state index in [9.17, 15) is 4.79 Å². The first kappa shape index (κ1) is 17.4. The summed E-state index contributed by atoms with van der Waals surface area (Å²) in [5, 5.41) is 4.12. The van der Waals surface area contributed by atoms with Gasteiger partial charge in [-0.25, -0.2) is 5.43 Å². The van der Waals surface area contributed by atoms with E-state index in [1.165, 1.54) is 5.69 Å². The molecule has 5 heteroatoms. The molecule has 0 unspecified atom stereocenters. The molecule has 1 saturated heterocycles. The molecule has 2 aromatic rings. The summed E-state index contributed by atoms with van der Waals surface area (Å²) in [5.74, 6) is -0.204. The van der Waals surface area contributed by atoms with Gasteiger partial charge in [0.05, 0.1) is 12.3 Å². The number of ether oxygens (including phenoxy) is 1. The standard InChI is InChI=1S/C20H25N3O2/c1-14-6-8-17(9-7-14)20(24)22-21-12-18-11-15(2)23(16(18)3)13-19-5-4-10-25-19/h6-9,11-12,19H,4-5,10,13H2,1-3H3,(H,22,24)/b21-12-/t19-/m1/s1. The number of nitrogens with one attached hydrogen (secondary N) is 1. The first-order valence-electron chi connectivity index (χ1n) is 8.73. The molecule has 132 valence electrons. The molecule has 0 spiro atoms. The number of nitrogens with zero attached hydrogens (tertiary/aromatic N) is 2. The van der Waals surface area contributed by atoms with Crippen LogP contribution in [0.5, 0.6) is 0 Å². The Morgan fingerprint density at radius 3 is 2.76 bits per heavy atom. The first-order chi connectivity index (χ1) is 12.0. The van der Waals surface area contributed by atoms with Crippen LogP contribution in [0.15, 0.2) is 35.4 Å². The molecular weight excluding hydrogens is 314 g/mol. The van der Waals surface area contributed by atoms with Crippen LogP contribution in [0, 0.1) is 20.8 Å². The van der Waals surface area contributed by atoms with E-state index in [1.807, 2.05) is 19.1 Å². The minimum atomic E-state index is -0.204. The number of carbonyl (C=O) groups excluding carboxylic acids is 1. The van der Waals surface area contributed by atoms with E-state index in [1.54, 1.807) is 18.3 Å². The van der Waals surface area contributed by atoms with Gasteiger partial charge >= 0.3 is 0 Å². The summed E-state index contributed by atoms with van der Waals surface area (Å²) in [6.07, 6.45) is 4.27. The smallest absolute Gasteiger partial charge is 0.271 e. The van der Waals surface area contributed by atoms with Crippen molar-refractivity contribution in [3.05, 3.63) is 58.4 Å². The van der Waals surface area contributed by atoms with E-state index >= 15 is 0 Å². The van der Waals surface area contributed by atoms with Crippen molar-refractivity contribution in [2.75, 3.05) is 6.61 Å². The highest BCUT2D eigenvalue weighted by molar-refractivity contribution is 5.95. The molecule has 0 aliphatic carbocycles. The fourth-order valence-corrected chi connectivity index (χ4v) is 3.16. The van der Waals surface area contributed by atoms with Crippen LogP contribution >= 0.6 is 0 Å². The van der Waals surface area contributed by atoms with Crippen molar-refractivity contribution in [1.29, 1.82) is 0 Å². The Kier molecular flexibility index (Phi) is 5.34. The predicted octanol–water partition coefficient (Wildman–Crippen LogP) is 3.36. The zero-order valence-corrected chi connectivity index (χ0v) is 15.1. The van der Waals surface area contributed by atoms with Crippen LogP contribution < -0.4 is 5.43 Å². The van der Waals surface area contributed by atoms with Gasteiger partial charge in [0, 0.05) is 35.7 Å². The van der Waals surface area contributed by atoms with Crippen molar-refractivity contribution in [3.63, 3.8) is 0 Å². The highest BCUT2D eigenvalue weighted by atomic mass is 16.5. The number of carbonyl (C=O) groups is 1. The fourth-order valence-electron chi connectivity index (χ4n) is 3.16. The van der Waals surface area contributed by atoms with Gasteiger partial charge in [-0.3, -0.25) is 4.79 Å². The Bertz CT molecular complexity index is 769. The lowest BCUT2D eigenvalue weighted by Crippen LogP contribution is -2.18. The molecule has 5 nitrogen and oxygen atoms in total. The summed E-state index contributed by atoms with van der Waals surface area (Å²) >= 11 is 0. The lowest BCUT2D eigenvalue weighted by molar-refractivity contribution is 0.0954. The number of hydrogen-bond donors (Lipinski definition) is 1. The quantitative estimate of drug-likeness (QED) is 0.671. The summed E-state index contributed by atoms with van der Waals surface area (Å²) in [4.78, 5) is 12.1. The van der Waals surface area contributed by atoms with Gasteiger partial charge in [-0.1, -0.05) is 17.7 Å². The lowest BCUT2D eigenvalue weighted by atomic mass is 10.1. The number of aryl methyl sites for hydroxylation is 2. The van der Waals surface area contributed by atoms with Crippen molar-refractivity contribution in [1.82, 2.24) is 9.99 Å². The van der Waals surface area contributed by atoms with E-state index in [4.69, 9.17) is 4.74 Å². The molecule has 0 bridgehead atoms. The van der Waals surface area contributed by atoms with Crippen LogP contribution in [-0.4, -0.2) is 29.4 Å². The zero-order valence-electron chi connectivity index (χ0n) is 15.1. The molecular formula is C20H25N3O2. The highest BCUT2D eigenvalue weighted by Crippen LogP contribution is 2.19. The largest absolute Gasteiger partial charge is 0.376 e. The monoisotopic (exact) mass is 339 g/mol. The first-order valence-corrected chi connectivity index (χ1v) is 8.73. The number of rotatable bonds is 5. The second kappa shape index (κ2) is 7.66. The SMILES string of the molecule is Cc1ccc(C(=O)N/N=C\c2cc(C)n(C[C@H]3CCCO3)c2C)cc1. The molecule has 3 rings (SSSR count). The maximum atomic E-state index is 12.1. The van der Waals surface area contributed by atoms with Crippen LogP contribution in [0.25, 0.3) is 0 Å². The zero-order chi connectivity index (χ0) is 17.8. The maximum Gasteiger partial charge on any atom is 0.271 e. The Morgan fingerprint density at radius 1 is 1.32 bits per heavy atom. The molecule has 25 heavy (non-hydrogen) atoms. The summed E-state index contributed by atoms with van der Waals surface area (Å²) in [6.45, 7) is 7.89. The van der Waals surface area contributed by atoms with E-state index in [2.05, 4.69) is 35.0 Å². The average Bonchev–Trinajstić information content (AvgIpc) is 3.20. The Hall–Kier alpha value is -2.40. The molecule has 1 N–H and O–H groups in total. The lowest BCUT2D eigenvalue weighted by Gasteiger charge is -2.14. The molecule has 2 heterocycles. The number of hydrogen-bond acceptors (Lipinski definition) is 3. The number of aromatic nitrogens is 1. The Labute approximate surface area is 148 Å². The molecule has 0 saturated carbocycles. The van der Waals surface area contributed by atoms with E-state index < -0.39 is 0 Å². The van der Waals surface area contributed by atoms with E-state index in [-0.39, 0.29) is 5.91 Å². The normalized spacial score (nSPS) is 17.3. The molecule has 1 aromatic carbocycles. The van der Waals surface area contributed by atoms with Gasteiger partial charge in [0.15, 0.2) is 0 Å². The van der Waals surface area contributed by atoms with Crippen molar-refractivity contribution < 1.29 is 9.53 Å². The molecule has 1 aliphatic heterocycles. The van der Waals surface area contributed by atoms with Crippen LogP contribution in [0.4, 0.5) is 0 Å². The summed E-state index contributed by atoms with van der Waals surface area (Å²) in [6, 6.07) is 9.52. The van der Waals surface area contributed by atoms with Gasteiger partial charge in [-0.2, -0.15) is 5.10 Å². The van der Waals surface area contributed by atoms with Crippen LogP contribution in [0.2, 0.25) is 0 Å². The van der Waals surface area contributed by atoms with Crippen LogP contribution in [-0.2, 0) is 11.3 Å². The minimum Gasteiger partial charge on any atom is -0.376 e. The molecule has 1 amide bonds. The van der Waals surface area contributed by atoms with Gasteiger partial charge in [0.25, 0.3) is 5.91 Å². The van der Waals surface area contributed by atoms with Gasteiger partial charge in [-0.05, 0) is 51.8 Å². The third kappa shape index (κ3) is 4.17. The number of amides is 1. The average molecular weight is 339 g/mol. The summed E-state index contributed by atoms with van der Waals surface area (Å²) in [5.41, 5.74) is 7.65. The Balaban J connectivity index is 1.65. The van der Waals surface area contributed by atoms with Gasteiger partial charge in [0.2, 0.25) is 0 Å². The van der Waals surface area contributed by atoms with Crippen molar-refractivity contribution in [3.8, 4) is 0 Å². The predicted molar refractivity (Wildman–Crippen MR) is 99.1 cm³/mol. The van der Waals surface area contributed by atoms with Gasteiger partial charge < -0.3 is 9.30 Å². The summed E-state index contributed by atoms with van der Waals surface area (Å²) < 4.78 is 8.00. The Morgan fingerprint density at radius 2 is 2.08 bits per heavy atom. The van der Waals surface area contributed by atoms with Crippen LogP contribution in [0.3, 0.4) is 0 Å². The van der Waals surface area contributed by atoms with Gasteiger partial charge in [0.1, 0.15) is 0 Å². The number of benzene rings is 1. The number of hydrazone groups is 1. The van der Waals surface area contributed by atoms with E-state index in [0.717, 1.165) is 42.8 Å². The fraction of sp³-hybridized carbons (Fsp3) is 0.400. The molecule has 1 aliphatic rings. The summed E-state index contributed by atoms with van der Waals surface area (Å²) in [7, 11) is 0.